The highest BCUT2D eigenvalue weighted by Crippen LogP contribution is 2.39. The lowest BCUT2D eigenvalue weighted by atomic mass is 9.96. The summed E-state index contributed by atoms with van der Waals surface area (Å²) in [5, 5.41) is 3.27. The number of nitrogens with one attached hydrogen (secondary N) is 2. The molecule has 3 heteroatoms. The fraction of sp³-hybridized carbons (Fsp3) is 0.533. The number of imidazole rings is 1. The molecular weight excluding hydrogens is 222 g/mol. The van der Waals surface area contributed by atoms with Gasteiger partial charge in [-0.05, 0) is 49.9 Å². The second-order valence-electron chi connectivity index (χ2n) is 5.34. The quantitative estimate of drug-likeness (QED) is 0.847. The summed E-state index contributed by atoms with van der Waals surface area (Å²) in [5.74, 6) is 2.47. The molecule has 0 spiro atoms. The maximum absolute atomic E-state index is 4.68. The Kier molecular flexibility index (Phi) is 3.08. The van der Waals surface area contributed by atoms with Gasteiger partial charge in [0, 0.05) is 12.5 Å². The number of nitrogens with zero attached hydrogens (tertiary/aromatic N) is 1. The number of likely N-dealkylation sites (N-methyl/N-ethyl adjacent to an activating group) is 1. The molecule has 1 aliphatic rings. The minimum Gasteiger partial charge on any atom is -0.342 e. The van der Waals surface area contributed by atoms with E-state index in [4.69, 9.17) is 0 Å². The van der Waals surface area contributed by atoms with Crippen LogP contribution in [-0.4, -0.2) is 23.6 Å². The summed E-state index contributed by atoms with van der Waals surface area (Å²) in [6.45, 7) is 3.28. The second kappa shape index (κ2) is 4.73. The molecule has 0 radical (unpaired) electrons. The van der Waals surface area contributed by atoms with Crippen LogP contribution < -0.4 is 5.32 Å². The maximum Gasteiger partial charge on any atom is 0.110 e. The van der Waals surface area contributed by atoms with Crippen LogP contribution in [0, 0.1) is 0 Å². The van der Waals surface area contributed by atoms with Gasteiger partial charge in [0.1, 0.15) is 5.82 Å². The molecule has 1 aromatic carbocycles. The van der Waals surface area contributed by atoms with Crippen molar-refractivity contribution in [2.24, 2.45) is 0 Å². The average Bonchev–Trinajstić information content (AvgIpc) is 3.15. The third-order valence-electron chi connectivity index (χ3n) is 3.90. The number of benzene rings is 1. The number of aromatic nitrogens is 2. The van der Waals surface area contributed by atoms with Gasteiger partial charge in [-0.1, -0.05) is 13.0 Å². The predicted molar refractivity (Wildman–Crippen MR) is 75.0 cm³/mol. The van der Waals surface area contributed by atoms with Crippen LogP contribution in [0.25, 0.3) is 11.0 Å². The summed E-state index contributed by atoms with van der Waals surface area (Å²) in [6.07, 6.45) is 3.75. The minimum atomic E-state index is 0.590. The van der Waals surface area contributed by atoms with Gasteiger partial charge in [0.25, 0.3) is 0 Å². The smallest absolute Gasteiger partial charge is 0.110 e. The topological polar surface area (TPSA) is 40.7 Å². The largest absolute Gasteiger partial charge is 0.342 e. The molecule has 1 saturated carbocycles. The molecule has 2 aromatic rings. The molecule has 1 fully saturated rings. The molecule has 0 saturated heterocycles. The number of H-pyrrole nitrogens is 1. The Hall–Kier alpha value is -1.35. The lowest BCUT2D eigenvalue weighted by molar-refractivity contribution is 0.612. The molecule has 0 bridgehead atoms. The Morgan fingerprint density at radius 3 is 2.94 bits per heavy atom. The van der Waals surface area contributed by atoms with Crippen molar-refractivity contribution >= 4 is 11.0 Å². The number of hydrogen-bond donors (Lipinski definition) is 2. The molecule has 1 heterocycles. The molecule has 1 unspecified atom stereocenters. The Morgan fingerprint density at radius 2 is 2.28 bits per heavy atom. The molecule has 3 nitrogen and oxygen atoms in total. The van der Waals surface area contributed by atoms with Crippen molar-refractivity contribution < 1.29 is 0 Å². The van der Waals surface area contributed by atoms with Crippen LogP contribution in [0.3, 0.4) is 0 Å². The first kappa shape index (κ1) is 11.7. The third-order valence-corrected chi connectivity index (χ3v) is 3.90. The molecular formula is C15H21N3. The lowest BCUT2D eigenvalue weighted by Crippen LogP contribution is -2.16. The molecule has 0 amide bonds. The zero-order valence-electron chi connectivity index (χ0n) is 11.2. The third kappa shape index (κ3) is 2.15. The zero-order valence-corrected chi connectivity index (χ0v) is 11.2. The maximum atomic E-state index is 4.68. The zero-order chi connectivity index (χ0) is 12.5. The van der Waals surface area contributed by atoms with Crippen molar-refractivity contribution in [3.8, 4) is 0 Å². The molecule has 1 atom stereocenters. The highest BCUT2D eigenvalue weighted by atomic mass is 14.9. The van der Waals surface area contributed by atoms with Gasteiger partial charge < -0.3 is 10.3 Å². The van der Waals surface area contributed by atoms with E-state index in [0.717, 1.165) is 18.5 Å². The summed E-state index contributed by atoms with van der Waals surface area (Å²) in [4.78, 5) is 8.16. The first-order valence-electron chi connectivity index (χ1n) is 6.96. The standard InChI is InChI=1S/C15H21N3/c1-3-10(9-16-2)12-6-7-13-14(8-12)18-15(17-13)11-4-5-11/h6-8,10-11,16H,3-5,9H2,1-2H3,(H,17,18). The number of aromatic amines is 1. The molecule has 3 rings (SSSR count). The minimum absolute atomic E-state index is 0.590. The second-order valence-corrected chi connectivity index (χ2v) is 5.34. The summed E-state index contributed by atoms with van der Waals surface area (Å²) in [7, 11) is 2.02. The molecule has 18 heavy (non-hydrogen) atoms. The predicted octanol–water partition coefficient (Wildman–Crippen LogP) is 3.15. The van der Waals surface area contributed by atoms with Gasteiger partial charge in [0.15, 0.2) is 0 Å². The highest BCUT2D eigenvalue weighted by molar-refractivity contribution is 5.76. The van der Waals surface area contributed by atoms with Crippen LogP contribution in [0.5, 0.6) is 0 Å². The molecule has 1 aromatic heterocycles. The van der Waals surface area contributed by atoms with E-state index in [9.17, 15) is 0 Å². The number of fused-ring (bicyclic) bond motifs is 1. The van der Waals surface area contributed by atoms with Crippen LogP contribution in [-0.2, 0) is 0 Å². The van der Waals surface area contributed by atoms with E-state index in [2.05, 4.69) is 40.4 Å². The Labute approximate surface area is 108 Å². The fourth-order valence-electron chi connectivity index (χ4n) is 2.60. The van der Waals surface area contributed by atoms with Crippen molar-refractivity contribution in [2.45, 2.75) is 38.0 Å². The highest BCUT2D eigenvalue weighted by Gasteiger charge is 2.26. The fourth-order valence-corrected chi connectivity index (χ4v) is 2.60. The Balaban J connectivity index is 1.93. The van der Waals surface area contributed by atoms with E-state index in [0.29, 0.717) is 11.8 Å². The summed E-state index contributed by atoms with van der Waals surface area (Å²) < 4.78 is 0. The average molecular weight is 243 g/mol. The van der Waals surface area contributed by atoms with Gasteiger partial charge in [-0.3, -0.25) is 0 Å². The van der Waals surface area contributed by atoms with E-state index >= 15 is 0 Å². The summed E-state index contributed by atoms with van der Waals surface area (Å²) >= 11 is 0. The molecule has 1 aliphatic carbocycles. The summed E-state index contributed by atoms with van der Waals surface area (Å²) in [5.41, 5.74) is 3.72. The molecule has 2 N–H and O–H groups in total. The first-order chi connectivity index (χ1) is 8.81. The van der Waals surface area contributed by atoms with E-state index in [1.165, 1.54) is 29.7 Å². The van der Waals surface area contributed by atoms with Crippen LogP contribution in [0.2, 0.25) is 0 Å². The van der Waals surface area contributed by atoms with E-state index in [1.807, 2.05) is 7.05 Å². The Bertz CT molecular complexity index is 540. The number of hydrogen-bond acceptors (Lipinski definition) is 2. The Morgan fingerprint density at radius 1 is 1.44 bits per heavy atom. The monoisotopic (exact) mass is 243 g/mol. The van der Waals surface area contributed by atoms with Gasteiger partial charge in [-0.25, -0.2) is 4.98 Å². The van der Waals surface area contributed by atoms with Crippen molar-refractivity contribution in [3.63, 3.8) is 0 Å². The van der Waals surface area contributed by atoms with Crippen LogP contribution in [0.1, 0.15) is 49.4 Å². The van der Waals surface area contributed by atoms with Crippen LogP contribution in [0.4, 0.5) is 0 Å². The van der Waals surface area contributed by atoms with Crippen LogP contribution in [0.15, 0.2) is 18.2 Å². The van der Waals surface area contributed by atoms with Crippen LogP contribution >= 0.6 is 0 Å². The first-order valence-corrected chi connectivity index (χ1v) is 6.96. The van der Waals surface area contributed by atoms with Gasteiger partial charge in [0.2, 0.25) is 0 Å². The number of rotatable bonds is 5. The van der Waals surface area contributed by atoms with Gasteiger partial charge >= 0.3 is 0 Å². The van der Waals surface area contributed by atoms with Crippen molar-refractivity contribution in [1.82, 2.24) is 15.3 Å². The van der Waals surface area contributed by atoms with E-state index in [1.54, 1.807) is 0 Å². The normalized spacial score (nSPS) is 17.2. The molecule has 0 aliphatic heterocycles. The van der Waals surface area contributed by atoms with Gasteiger partial charge in [-0.2, -0.15) is 0 Å². The van der Waals surface area contributed by atoms with Crippen molar-refractivity contribution in [1.29, 1.82) is 0 Å². The van der Waals surface area contributed by atoms with E-state index < -0.39 is 0 Å². The van der Waals surface area contributed by atoms with Gasteiger partial charge in [0.05, 0.1) is 11.0 Å². The lowest BCUT2D eigenvalue weighted by Gasteiger charge is -2.14. The SMILES string of the molecule is CCC(CNC)c1ccc2nc(C3CC3)[nH]c2c1. The van der Waals surface area contributed by atoms with Gasteiger partial charge in [-0.15, -0.1) is 0 Å². The molecule has 96 valence electrons. The summed E-state index contributed by atoms with van der Waals surface area (Å²) in [6, 6.07) is 6.66. The van der Waals surface area contributed by atoms with Crippen molar-refractivity contribution in [2.75, 3.05) is 13.6 Å². The van der Waals surface area contributed by atoms with E-state index in [-0.39, 0.29) is 0 Å². The van der Waals surface area contributed by atoms with Crippen molar-refractivity contribution in [3.05, 3.63) is 29.6 Å².